The van der Waals surface area contributed by atoms with Crippen molar-refractivity contribution in [3.05, 3.63) is 47.4 Å². The third kappa shape index (κ3) is 5.00. The molecule has 0 spiro atoms. The van der Waals surface area contributed by atoms with E-state index in [-0.39, 0.29) is 5.91 Å². The van der Waals surface area contributed by atoms with Gasteiger partial charge in [0.2, 0.25) is 5.91 Å². The molecule has 6 heteroatoms. The van der Waals surface area contributed by atoms with E-state index in [2.05, 4.69) is 23.7 Å². The van der Waals surface area contributed by atoms with Gasteiger partial charge in [-0.2, -0.15) is 0 Å². The molecule has 0 unspecified atom stereocenters. The fourth-order valence-electron chi connectivity index (χ4n) is 3.34. The molecule has 2 aromatic rings. The summed E-state index contributed by atoms with van der Waals surface area (Å²) in [6, 6.07) is 9.82. The minimum absolute atomic E-state index is 0.172. The molecule has 3 rings (SSSR count). The number of ether oxygens (including phenoxy) is 1. The maximum atomic E-state index is 12.7. The molecule has 1 aliphatic rings. The summed E-state index contributed by atoms with van der Waals surface area (Å²) in [5, 5.41) is 0. The highest BCUT2D eigenvalue weighted by molar-refractivity contribution is 5.79. The van der Waals surface area contributed by atoms with Crippen LogP contribution in [0.4, 0.5) is 5.82 Å². The number of nitrogens with zero attached hydrogens (tertiary/aromatic N) is 4. The molecule has 150 valence electrons. The van der Waals surface area contributed by atoms with E-state index >= 15 is 0 Å². The van der Waals surface area contributed by atoms with E-state index in [0.29, 0.717) is 18.9 Å². The quantitative estimate of drug-likeness (QED) is 0.768. The molecule has 1 aromatic heterocycles. The Hall–Kier alpha value is -2.63. The average molecular weight is 383 g/mol. The van der Waals surface area contributed by atoms with Gasteiger partial charge < -0.3 is 14.5 Å². The lowest BCUT2D eigenvalue weighted by Crippen LogP contribution is -2.49. The second-order valence-electron chi connectivity index (χ2n) is 7.50. The van der Waals surface area contributed by atoms with Crippen LogP contribution >= 0.6 is 0 Å². The molecule has 0 bridgehead atoms. The number of carbonyl (C=O) groups excluding carboxylic acids is 1. The van der Waals surface area contributed by atoms with Gasteiger partial charge in [0.25, 0.3) is 0 Å². The predicted molar refractivity (Wildman–Crippen MR) is 111 cm³/mol. The molecule has 1 fully saturated rings. The first-order valence-electron chi connectivity index (χ1n) is 10.1. The molecule has 2 heterocycles. The Morgan fingerprint density at radius 2 is 1.79 bits per heavy atom. The van der Waals surface area contributed by atoms with Crippen LogP contribution in [0.25, 0.3) is 0 Å². The van der Waals surface area contributed by atoms with Crippen LogP contribution in [0.15, 0.2) is 30.3 Å². The minimum atomic E-state index is 0.172. The van der Waals surface area contributed by atoms with Crippen molar-refractivity contribution in [2.75, 3.05) is 37.7 Å². The normalized spacial score (nSPS) is 14.5. The molecule has 6 nitrogen and oxygen atoms in total. The Bertz CT molecular complexity index is 797. The van der Waals surface area contributed by atoms with Crippen molar-refractivity contribution in [1.82, 2.24) is 14.9 Å². The molecule has 1 amide bonds. The molecule has 28 heavy (non-hydrogen) atoms. The van der Waals surface area contributed by atoms with Crippen LogP contribution < -0.4 is 9.64 Å². The van der Waals surface area contributed by atoms with Crippen molar-refractivity contribution in [2.24, 2.45) is 0 Å². The van der Waals surface area contributed by atoms with Crippen LogP contribution in [0.3, 0.4) is 0 Å². The number of aryl methyl sites for hydroxylation is 1. The lowest BCUT2D eigenvalue weighted by molar-refractivity contribution is -0.130. The highest BCUT2D eigenvalue weighted by Crippen LogP contribution is 2.19. The van der Waals surface area contributed by atoms with Crippen molar-refractivity contribution >= 4 is 11.7 Å². The van der Waals surface area contributed by atoms with Gasteiger partial charge in [-0.25, -0.2) is 9.97 Å². The maximum Gasteiger partial charge on any atom is 0.227 e. The summed E-state index contributed by atoms with van der Waals surface area (Å²) >= 11 is 0. The molecular formula is C22H30N4O2. The molecule has 1 aliphatic heterocycles. The van der Waals surface area contributed by atoms with E-state index in [1.807, 2.05) is 49.1 Å². The van der Waals surface area contributed by atoms with E-state index in [4.69, 9.17) is 9.72 Å². The van der Waals surface area contributed by atoms with Gasteiger partial charge in [-0.05, 0) is 31.5 Å². The maximum absolute atomic E-state index is 12.7. The SMILES string of the molecule is CCOc1ccc(CC(=O)N2CCN(c3cc(C)nc(C(C)C)n3)CC2)cc1. The topological polar surface area (TPSA) is 58.6 Å². The van der Waals surface area contributed by atoms with Crippen molar-refractivity contribution < 1.29 is 9.53 Å². The first-order chi connectivity index (χ1) is 13.5. The smallest absolute Gasteiger partial charge is 0.227 e. The number of carbonyl (C=O) groups is 1. The predicted octanol–water partition coefficient (Wildman–Crippen LogP) is 3.20. The monoisotopic (exact) mass is 382 g/mol. The lowest BCUT2D eigenvalue weighted by Gasteiger charge is -2.35. The van der Waals surface area contributed by atoms with E-state index < -0.39 is 0 Å². The van der Waals surface area contributed by atoms with E-state index in [1.165, 1.54) is 0 Å². The van der Waals surface area contributed by atoms with E-state index in [1.54, 1.807) is 0 Å². The summed E-state index contributed by atoms with van der Waals surface area (Å²) in [5.74, 6) is 3.16. The number of piperazine rings is 1. The largest absolute Gasteiger partial charge is 0.494 e. The Labute approximate surface area is 167 Å². The van der Waals surface area contributed by atoms with Crippen molar-refractivity contribution in [3.8, 4) is 5.75 Å². The molecule has 0 N–H and O–H groups in total. The molecule has 1 aromatic carbocycles. The zero-order valence-corrected chi connectivity index (χ0v) is 17.3. The number of aromatic nitrogens is 2. The standard InChI is InChI=1S/C22H30N4O2/c1-5-28-19-8-6-18(7-9-19)15-21(27)26-12-10-25(11-13-26)20-14-17(4)23-22(24-20)16(2)3/h6-9,14,16H,5,10-13,15H2,1-4H3. The fraction of sp³-hybridized carbons (Fsp3) is 0.500. The molecule has 0 aliphatic carbocycles. The van der Waals surface area contributed by atoms with Crippen LogP contribution in [0.2, 0.25) is 0 Å². The van der Waals surface area contributed by atoms with Crippen LogP contribution in [-0.4, -0.2) is 53.6 Å². The molecule has 0 atom stereocenters. The summed E-state index contributed by atoms with van der Waals surface area (Å²) in [4.78, 5) is 26.1. The van der Waals surface area contributed by atoms with Gasteiger partial charge in [0.05, 0.1) is 13.0 Å². The number of hydrogen-bond acceptors (Lipinski definition) is 5. The fourth-order valence-corrected chi connectivity index (χ4v) is 3.34. The Balaban J connectivity index is 1.57. The summed E-state index contributed by atoms with van der Waals surface area (Å²) < 4.78 is 5.46. The number of anilines is 1. The van der Waals surface area contributed by atoms with Gasteiger partial charge in [0, 0.05) is 43.9 Å². The lowest BCUT2D eigenvalue weighted by atomic mass is 10.1. The molecule has 0 radical (unpaired) electrons. The summed E-state index contributed by atoms with van der Waals surface area (Å²) in [6.07, 6.45) is 0.427. The second-order valence-corrected chi connectivity index (χ2v) is 7.50. The number of hydrogen-bond donors (Lipinski definition) is 0. The first kappa shape index (κ1) is 20.1. The van der Waals surface area contributed by atoms with E-state index in [0.717, 1.165) is 54.8 Å². The zero-order chi connectivity index (χ0) is 20.1. The van der Waals surface area contributed by atoms with Gasteiger partial charge in [0.15, 0.2) is 0 Å². The van der Waals surface area contributed by atoms with Gasteiger partial charge in [-0.15, -0.1) is 0 Å². The van der Waals surface area contributed by atoms with Crippen molar-refractivity contribution in [2.45, 2.75) is 40.0 Å². The Kier molecular flexibility index (Phi) is 6.49. The molecule has 1 saturated heterocycles. The van der Waals surface area contributed by atoms with Crippen molar-refractivity contribution in [3.63, 3.8) is 0 Å². The van der Waals surface area contributed by atoms with Gasteiger partial charge in [-0.1, -0.05) is 26.0 Å². The van der Waals surface area contributed by atoms with Crippen LogP contribution in [-0.2, 0) is 11.2 Å². The third-order valence-electron chi connectivity index (χ3n) is 4.92. The van der Waals surface area contributed by atoms with Gasteiger partial charge in [0.1, 0.15) is 17.4 Å². The summed E-state index contributed by atoms with van der Waals surface area (Å²) in [6.45, 7) is 11.9. The van der Waals surface area contributed by atoms with Crippen LogP contribution in [0.5, 0.6) is 5.75 Å². The third-order valence-corrected chi connectivity index (χ3v) is 4.92. The highest BCUT2D eigenvalue weighted by Gasteiger charge is 2.22. The average Bonchev–Trinajstić information content (AvgIpc) is 2.69. The van der Waals surface area contributed by atoms with Gasteiger partial charge in [-0.3, -0.25) is 4.79 Å². The Morgan fingerprint density at radius 3 is 2.39 bits per heavy atom. The van der Waals surface area contributed by atoms with Gasteiger partial charge >= 0.3 is 0 Å². The number of rotatable bonds is 6. The molecule has 0 saturated carbocycles. The first-order valence-corrected chi connectivity index (χ1v) is 10.1. The second kappa shape index (κ2) is 9.04. The summed E-state index contributed by atoms with van der Waals surface area (Å²) in [5.41, 5.74) is 2.01. The summed E-state index contributed by atoms with van der Waals surface area (Å²) in [7, 11) is 0. The minimum Gasteiger partial charge on any atom is -0.494 e. The van der Waals surface area contributed by atoms with Crippen LogP contribution in [0.1, 0.15) is 43.8 Å². The van der Waals surface area contributed by atoms with Crippen molar-refractivity contribution in [1.29, 1.82) is 0 Å². The zero-order valence-electron chi connectivity index (χ0n) is 17.3. The number of benzene rings is 1. The highest BCUT2D eigenvalue weighted by atomic mass is 16.5. The number of amides is 1. The Morgan fingerprint density at radius 1 is 1.11 bits per heavy atom. The molecular weight excluding hydrogens is 352 g/mol. The van der Waals surface area contributed by atoms with Crippen LogP contribution in [0, 0.1) is 6.92 Å². The van der Waals surface area contributed by atoms with E-state index in [9.17, 15) is 4.79 Å².